The van der Waals surface area contributed by atoms with Crippen LogP contribution in [0.25, 0.3) is 5.65 Å². The Morgan fingerprint density at radius 1 is 1.27 bits per heavy atom. The van der Waals surface area contributed by atoms with E-state index in [4.69, 9.17) is 0 Å². The molecule has 0 atom stereocenters. The van der Waals surface area contributed by atoms with Crippen LogP contribution in [0.1, 0.15) is 55.5 Å². The number of amides is 1. The monoisotopic (exact) mass is 299 g/mol. The summed E-state index contributed by atoms with van der Waals surface area (Å²) >= 11 is 0. The van der Waals surface area contributed by atoms with Gasteiger partial charge in [-0.05, 0) is 38.3 Å². The van der Waals surface area contributed by atoms with Gasteiger partial charge in [-0.15, -0.1) is 0 Å². The van der Waals surface area contributed by atoms with Crippen LogP contribution < -0.4 is 5.32 Å². The maximum Gasteiger partial charge on any atom is 0.226 e. The molecular formula is C18H25N3O. The van der Waals surface area contributed by atoms with Gasteiger partial charge in [-0.25, -0.2) is 4.98 Å². The van der Waals surface area contributed by atoms with Crippen LogP contribution in [0.5, 0.6) is 0 Å². The van der Waals surface area contributed by atoms with E-state index in [1.54, 1.807) is 0 Å². The van der Waals surface area contributed by atoms with Gasteiger partial charge in [0, 0.05) is 12.2 Å². The highest BCUT2D eigenvalue weighted by molar-refractivity contribution is 5.79. The van der Waals surface area contributed by atoms with Gasteiger partial charge in [-0.3, -0.25) is 4.79 Å². The van der Waals surface area contributed by atoms with E-state index in [2.05, 4.69) is 27.7 Å². The van der Waals surface area contributed by atoms with Crippen molar-refractivity contribution in [2.24, 2.45) is 0 Å². The Hall–Kier alpha value is -1.84. The lowest BCUT2D eigenvalue weighted by atomic mass is 10.1. The summed E-state index contributed by atoms with van der Waals surface area (Å²) in [4.78, 5) is 17.0. The number of hydrogen-bond donors (Lipinski definition) is 1. The molecule has 1 N–H and O–H groups in total. The van der Waals surface area contributed by atoms with Crippen molar-refractivity contribution in [3.05, 3.63) is 35.3 Å². The molecule has 4 nitrogen and oxygen atoms in total. The number of pyridine rings is 1. The highest BCUT2D eigenvalue weighted by Crippen LogP contribution is 2.18. The third kappa shape index (κ3) is 3.16. The first-order valence-corrected chi connectivity index (χ1v) is 8.37. The van der Waals surface area contributed by atoms with Crippen molar-refractivity contribution in [2.45, 2.75) is 64.8 Å². The Morgan fingerprint density at radius 3 is 2.73 bits per heavy atom. The highest BCUT2D eigenvalue weighted by atomic mass is 16.1. The van der Waals surface area contributed by atoms with Crippen LogP contribution in [0.4, 0.5) is 0 Å². The second kappa shape index (κ2) is 6.51. The Bertz CT molecular complexity index is 666. The Kier molecular flexibility index (Phi) is 4.46. The van der Waals surface area contributed by atoms with Gasteiger partial charge in [0.1, 0.15) is 5.65 Å². The fourth-order valence-corrected chi connectivity index (χ4v) is 3.43. The first-order chi connectivity index (χ1) is 10.6. The predicted octanol–water partition coefficient (Wildman–Crippen LogP) is 3.33. The van der Waals surface area contributed by atoms with E-state index < -0.39 is 0 Å². The second-order valence-corrected chi connectivity index (χ2v) is 6.46. The van der Waals surface area contributed by atoms with Crippen LogP contribution in [0.2, 0.25) is 0 Å². The molecule has 118 valence electrons. The first kappa shape index (κ1) is 15.1. The summed E-state index contributed by atoms with van der Waals surface area (Å²) in [5.41, 5.74) is 4.05. The van der Waals surface area contributed by atoms with Crippen molar-refractivity contribution < 1.29 is 4.79 Å². The summed E-state index contributed by atoms with van der Waals surface area (Å²) in [7, 11) is 0. The van der Waals surface area contributed by atoms with Gasteiger partial charge in [0.05, 0.1) is 17.8 Å². The van der Waals surface area contributed by atoms with Gasteiger partial charge in [-0.1, -0.05) is 31.7 Å². The molecule has 1 saturated carbocycles. The SMILES string of the molecule is Cc1nc2c(C)cccn2c1CC(=O)NC1CCCCCC1. The van der Waals surface area contributed by atoms with E-state index in [9.17, 15) is 4.79 Å². The van der Waals surface area contributed by atoms with Crippen molar-refractivity contribution in [1.29, 1.82) is 0 Å². The number of aryl methyl sites for hydroxylation is 2. The minimum Gasteiger partial charge on any atom is -0.353 e. The van der Waals surface area contributed by atoms with Crippen LogP contribution in [-0.2, 0) is 11.2 Å². The molecule has 0 aromatic carbocycles. The molecule has 2 aromatic rings. The molecular weight excluding hydrogens is 274 g/mol. The standard InChI is InChI=1S/C18H25N3O/c1-13-8-7-11-21-16(14(2)19-18(13)21)12-17(22)20-15-9-5-3-4-6-10-15/h7-8,11,15H,3-6,9-10,12H2,1-2H3,(H,20,22). The minimum atomic E-state index is 0.123. The van der Waals surface area contributed by atoms with Crippen molar-refractivity contribution in [3.63, 3.8) is 0 Å². The number of rotatable bonds is 3. The van der Waals surface area contributed by atoms with Gasteiger partial charge in [-0.2, -0.15) is 0 Å². The van der Waals surface area contributed by atoms with E-state index in [0.717, 1.165) is 35.4 Å². The van der Waals surface area contributed by atoms with E-state index in [-0.39, 0.29) is 5.91 Å². The number of nitrogens with one attached hydrogen (secondary N) is 1. The van der Waals surface area contributed by atoms with E-state index in [1.807, 2.05) is 19.2 Å². The summed E-state index contributed by atoms with van der Waals surface area (Å²) < 4.78 is 2.05. The lowest BCUT2D eigenvalue weighted by Gasteiger charge is -2.16. The normalized spacial score (nSPS) is 16.6. The van der Waals surface area contributed by atoms with E-state index in [0.29, 0.717) is 12.5 Å². The van der Waals surface area contributed by atoms with Gasteiger partial charge in [0.25, 0.3) is 0 Å². The van der Waals surface area contributed by atoms with Crippen molar-refractivity contribution in [2.75, 3.05) is 0 Å². The van der Waals surface area contributed by atoms with E-state index >= 15 is 0 Å². The maximum atomic E-state index is 12.4. The Labute approximate surface area is 131 Å². The first-order valence-electron chi connectivity index (χ1n) is 8.37. The molecule has 0 saturated heterocycles. The lowest BCUT2D eigenvalue weighted by Crippen LogP contribution is -2.35. The zero-order valence-electron chi connectivity index (χ0n) is 13.6. The summed E-state index contributed by atoms with van der Waals surface area (Å²) in [6.07, 6.45) is 9.73. The van der Waals surface area contributed by atoms with Gasteiger partial charge in [0.15, 0.2) is 0 Å². The van der Waals surface area contributed by atoms with Crippen LogP contribution in [0, 0.1) is 13.8 Å². The smallest absolute Gasteiger partial charge is 0.226 e. The zero-order chi connectivity index (χ0) is 15.5. The number of nitrogens with zero attached hydrogens (tertiary/aromatic N) is 2. The van der Waals surface area contributed by atoms with Crippen molar-refractivity contribution in [1.82, 2.24) is 14.7 Å². The number of aromatic nitrogens is 2. The number of imidazole rings is 1. The van der Waals surface area contributed by atoms with Gasteiger partial charge >= 0.3 is 0 Å². The predicted molar refractivity (Wildman–Crippen MR) is 88.0 cm³/mol. The van der Waals surface area contributed by atoms with Gasteiger partial charge < -0.3 is 9.72 Å². The number of carbonyl (C=O) groups excluding carboxylic acids is 1. The largest absolute Gasteiger partial charge is 0.353 e. The molecule has 3 rings (SSSR count). The number of carbonyl (C=O) groups is 1. The average Bonchev–Trinajstić information content (AvgIpc) is 2.66. The number of fused-ring (bicyclic) bond motifs is 1. The summed E-state index contributed by atoms with van der Waals surface area (Å²) in [6, 6.07) is 4.42. The summed E-state index contributed by atoms with van der Waals surface area (Å²) in [5.74, 6) is 0.123. The quantitative estimate of drug-likeness (QED) is 0.884. The van der Waals surface area contributed by atoms with Crippen LogP contribution in [-0.4, -0.2) is 21.3 Å². The second-order valence-electron chi connectivity index (χ2n) is 6.46. The van der Waals surface area contributed by atoms with Crippen LogP contribution in [0.15, 0.2) is 18.3 Å². The highest BCUT2D eigenvalue weighted by Gasteiger charge is 2.18. The Balaban J connectivity index is 1.73. The molecule has 0 unspecified atom stereocenters. The third-order valence-corrected chi connectivity index (χ3v) is 4.69. The average molecular weight is 299 g/mol. The summed E-state index contributed by atoms with van der Waals surface area (Å²) in [6.45, 7) is 4.04. The molecule has 0 spiro atoms. The van der Waals surface area contributed by atoms with Crippen molar-refractivity contribution >= 4 is 11.6 Å². The molecule has 2 heterocycles. The van der Waals surface area contributed by atoms with E-state index in [1.165, 1.54) is 25.7 Å². The fourth-order valence-electron chi connectivity index (χ4n) is 3.43. The van der Waals surface area contributed by atoms with Crippen LogP contribution in [0.3, 0.4) is 0 Å². The molecule has 2 aromatic heterocycles. The van der Waals surface area contributed by atoms with Crippen LogP contribution >= 0.6 is 0 Å². The minimum absolute atomic E-state index is 0.123. The molecule has 22 heavy (non-hydrogen) atoms. The fraction of sp³-hybridized carbons (Fsp3) is 0.556. The molecule has 0 aliphatic heterocycles. The van der Waals surface area contributed by atoms with Crippen molar-refractivity contribution in [3.8, 4) is 0 Å². The maximum absolute atomic E-state index is 12.4. The molecule has 0 radical (unpaired) electrons. The third-order valence-electron chi connectivity index (χ3n) is 4.69. The number of hydrogen-bond acceptors (Lipinski definition) is 2. The molecule has 1 fully saturated rings. The molecule has 0 bridgehead atoms. The molecule has 1 amide bonds. The molecule has 1 aliphatic rings. The van der Waals surface area contributed by atoms with Gasteiger partial charge in [0.2, 0.25) is 5.91 Å². The lowest BCUT2D eigenvalue weighted by molar-refractivity contribution is -0.121. The Morgan fingerprint density at radius 2 is 2.00 bits per heavy atom. The molecule has 1 aliphatic carbocycles. The molecule has 4 heteroatoms. The summed E-state index contributed by atoms with van der Waals surface area (Å²) in [5, 5.41) is 3.22. The zero-order valence-corrected chi connectivity index (χ0v) is 13.6. The topological polar surface area (TPSA) is 46.4 Å².